The number of hydrogen-bond acceptors (Lipinski definition) is 3. The molecule has 21 heavy (non-hydrogen) atoms. The Morgan fingerprint density at radius 2 is 1.86 bits per heavy atom. The highest BCUT2D eigenvalue weighted by Gasteiger charge is 2.07. The number of rotatable bonds is 5. The lowest BCUT2D eigenvalue weighted by Crippen LogP contribution is -2.23. The second kappa shape index (κ2) is 6.88. The van der Waals surface area contributed by atoms with E-state index in [-0.39, 0.29) is 11.9 Å². The Balaban J connectivity index is 2.12. The molecule has 1 aromatic carbocycles. The van der Waals surface area contributed by atoms with E-state index in [1.165, 1.54) is 6.92 Å². The van der Waals surface area contributed by atoms with Crippen LogP contribution in [-0.2, 0) is 4.79 Å². The number of nitrogens with zero attached hydrogens (tertiary/aromatic N) is 1. The van der Waals surface area contributed by atoms with Crippen molar-refractivity contribution in [3.05, 3.63) is 48.2 Å². The van der Waals surface area contributed by atoms with Crippen LogP contribution in [0.4, 0.5) is 0 Å². The topological polar surface area (TPSA) is 51.2 Å². The van der Waals surface area contributed by atoms with Gasteiger partial charge >= 0.3 is 0 Å². The van der Waals surface area contributed by atoms with Gasteiger partial charge in [0.2, 0.25) is 11.8 Å². The van der Waals surface area contributed by atoms with Crippen molar-refractivity contribution in [2.75, 3.05) is 6.61 Å². The van der Waals surface area contributed by atoms with E-state index >= 15 is 0 Å². The Kier molecular flexibility index (Phi) is 4.93. The quantitative estimate of drug-likeness (QED) is 0.916. The highest BCUT2D eigenvalue weighted by Crippen LogP contribution is 2.22. The van der Waals surface area contributed by atoms with Gasteiger partial charge in [0.25, 0.3) is 0 Å². The molecule has 110 valence electrons. The number of pyridine rings is 1. The molecule has 0 bridgehead atoms. The second-order valence-electron chi connectivity index (χ2n) is 4.86. The van der Waals surface area contributed by atoms with E-state index in [0.717, 1.165) is 16.7 Å². The van der Waals surface area contributed by atoms with Gasteiger partial charge in [-0.2, -0.15) is 0 Å². The number of ether oxygens (including phenoxy) is 1. The van der Waals surface area contributed by atoms with E-state index in [1.54, 1.807) is 6.20 Å². The fraction of sp³-hybridized carbons (Fsp3) is 0.294. The zero-order chi connectivity index (χ0) is 15.2. The summed E-state index contributed by atoms with van der Waals surface area (Å²) >= 11 is 0. The molecule has 1 N–H and O–H groups in total. The SMILES string of the molecule is CCOc1ccc(-c2ccc([C@H](C)NC(C)=O)cc2)cn1. The van der Waals surface area contributed by atoms with Crippen molar-refractivity contribution in [2.45, 2.75) is 26.8 Å². The molecule has 0 aliphatic rings. The molecule has 4 nitrogen and oxygen atoms in total. The van der Waals surface area contributed by atoms with Gasteiger partial charge in [-0.3, -0.25) is 4.79 Å². The Labute approximate surface area is 125 Å². The molecule has 0 unspecified atom stereocenters. The van der Waals surface area contributed by atoms with Crippen LogP contribution in [0.2, 0.25) is 0 Å². The van der Waals surface area contributed by atoms with Gasteiger partial charge in [0, 0.05) is 24.8 Å². The van der Waals surface area contributed by atoms with Crippen LogP contribution in [0.1, 0.15) is 32.4 Å². The van der Waals surface area contributed by atoms with E-state index in [2.05, 4.69) is 10.3 Å². The zero-order valence-corrected chi connectivity index (χ0v) is 12.6. The molecular formula is C17H20N2O2. The molecule has 1 atom stereocenters. The van der Waals surface area contributed by atoms with E-state index in [9.17, 15) is 4.79 Å². The van der Waals surface area contributed by atoms with Gasteiger partial charge in [0.05, 0.1) is 12.6 Å². The highest BCUT2D eigenvalue weighted by molar-refractivity contribution is 5.73. The van der Waals surface area contributed by atoms with E-state index < -0.39 is 0 Å². The summed E-state index contributed by atoms with van der Waals surface area (Å²) in [5.74, 6) is 0.611. The molecule has 2 rings (SSSR count). The molecule has 0 saturated heterocycles. The van der Waals surface area contributed by atoms with Crippen LogP contribution < -0.4 is 10.1 Å². The lowest BCUT2D eigenvalue weighted by atomic mass is 10.0. The van der Waals surface area contributed by atoms with Gasteiger partial charge in [-0.1, -0.05) is 24.3 Å². The van der Waals surface area contributed by atoms with E-state index in [0.29, 0.717) is 12.5 Å². The smallest absolute Gasteiger partial charge is 0.217 e. The summed E-state index contributed by atoms with van der Waals surface area (Å²) in [6.07, 6.45) is 1.80. The number of hydrogen-bond donors (Lipinski definition) is 1. The van der Waals surface area contributed by atoms with Crippen LogP contribution in [0, 0.1) is 0 Å². The van der Waals surface area contributed by atoms with Crippen LogP contribution in [0.3, 0.4) is 0 Å². The van der Waals surface area contributed by atoms with Crippen molar-refractivity contribution in [1.29, 1.82) is 0 Å². The van der Waals surface area contributed by atoms with Gasteiger partial charge in [0.15, 0.2) is 0 Å². The van der Waals surface area contributed by atoms with Crippen LogP contribution in [0.25, 0.3) is 11.1 Å². The summed E-state index contributed by atoms with van der Waals surface area (Å²) in [4.78, 5) is 15.3. The second-order valence-corrected chi connectivity index (χ2v) is 4.86. The molecule has 0 fully saturated rings. The van der Waals surface area contributed by atoms with Gasteiger partial charge in [-0.05, 0) is 31.0 Å². The summed E-state index contributed by atoms with van der Waals surface area (Å²) in [5.41, 5.74) is 3.20. The Morgan fingerprint density at radius 3 is 2.38 bits per heavy atom. The standard InChI is InChI=1S/C17H20N2O2/c1-4-21-17-10-9-16(11-18-17)15-7-5-14(6-8-15)12(2)19-13(3)20/h5-12H,4H2,1-3H3,(H,19,20)/t12-/m0/s1. The minimum atomic E-state index is -0.0257. The third-order valence-corrected chi connectivity index (χ3v) is 3.19. The summed E-state index contributed by atoms with van der Waals surface area (Å²) in [7, 11) is 0. The summed E-state index contributed by atoms with van der Waals surface area (Å²) in [6.45, 7) is 6.04. The van der Waals surface area contributed by atoms with E-state index in [1.807, 2.05) is 50.2 Å². The summed E-state index contributed by atoms with van der Waals surface area (Å²) in [6, 6.07) is 12.0. The first-order valence-corrected chi connectivity index (χ1v) is 7.06. The lowest BCUT2D eigenvalue weighted by molar-refractivity contribution is -0.119. The van der Waals surface area contributed by atoms with Crippen molar-refractivity contribution in [2.24, 2.45) is 0 Å². The van der Waals surface area contributed by atoms with Crippen LogP contribution in [0.15, 0.2) is 42.6 Å². The Bertz CT molecular complexity index is 591. The van der Waals surface area contributed by atoms with Crippen molar-refractivity contribution in [1.82, 2.24) is 10.3 Å². The van der Waals surface area contributed by atoms with Crippen LogP contribution in [0.5, 0.6) is 5.88 Å². The van der Waals surface area contributed by atoms with Gasteiger partial charge in [0.1, 0.15) is 0 Å². The molecular weight excluding hydrogens is 264 g/mol. The molecule has 1 heterocycles. The molecule has 2 aromatic rings. The van der Waals surface area contributed by atoms with Gasteiger partial charge in [-0.25, -0.2) is 4.98 Å². The number of amides is 1. The molecule has 0 radical (unpaired) electrons. The predicted molar refractivity (Wildman–Crippen MR) is 83.1 cm³/mol. The third-order valence-electron chi connectivity index (χ3n) is 3.19. The first-order chi connectivity index (χ1) is 10.1. The fourth-order valence-electron chi connectivity index (χ4n) is 2.14. The van der Waals surface area contributed by atoms with Crippen molar-refractivity contribution >= 4 is 5.91 Å². The lowest BCUT2D eigenvalue weighted by Gasteiger charge is -2.13. The van der Waals surface area contributed by atoms with Crippen molar-refractivity contribution in [3.63, 3.8) is 0 Å². The first-order valence-electron chi connectivity index (χ1n) is 7.06. The zero-order valence-electron chi connectivity index (χ0n) is 12.6. The Morgan fingerprint density at radius 1 is 1.19 bits per heavy atom. The van der Waals surface area contributed by atoms with Gasteiger partial charge < -0.3 is 10.1 Å². The van der Waals surface area contributed by atoms with Crippen LogP contribution >= 0.6 is 0 Å². The monoisotopic (exact) mass is 284 g/mol. The number of carbonyl (C=O) groups is 1. The molecule has 4 heteroatoms. The summed E-state index contributed by atoms with van der Waals surface area (Å²) in [5, 5.41) is 2.87. The third kappa shape index (κ3) is 4.05. The van der Waals surface area contributed by atoms with Gasteiger partial charge in [-0.15, -0.1) is 0 Å². The number of aromatic nitrogens is 1. The minimum Gasteiger partial charge on any atom is -0.478 e. The molecule has 0 aliphatic carbocycles. The maximum absolute atomic E-state index is 11.1. The first kappa shape index (κ1) is 15.0. The minimum absolute atomic E-state index is 0.00926. The molecule has 1 amide bonds. The number of carbonyl (C=O) groups excluding carboxylic acids is 1. The average Bonchev–Trinajstić information content (AvgIpc) is 2.48. The maximum Gasteiger partial charge on any atom is 0.217 e. The molecule has 0 saturated carbocycles. The normalized spacial score (nSPS) is 11.8. The Hall–Kier alpha value is -2.36. The maximum atomic E-state index is 11.1. The predicted octanol–water partition coefficient (Wildman–Crippen LogP) is 3.34. The average molecular weight is 284 g/mol. The van der Waals surface area contributed by atoms with Crippen molar-refractivity contribution < 1.29 is 9.53 Å². The summed E-state index contributed by atoms with van der Waals surface area (Å²) < 4.78 is 5.33. The molecule has 0 spiro atoms. The fourth-order valence-corrected chi connectivity index (χ4v) is 2.14. The molecule has 1 aromatic heterocycles. The highest BCUT2D eigenvalue weighted by atomic mass is 16.5. The molecule has 0 aliphatic heterocycles. The number of nitrogens with one attached hydrogen (secondary N) is 1. The van der Waals surface area contributed by atoms with Crippen molar-refractivity contribution in [3.8, 4) is 17.0 Å². The number of benzene rings is 1. The largest absolute Gasteiger partial charge is 0.478 e. The van der Waals surface area contributed by atoms with Crippen LogP contribution in [-0.4, -0.2) is 17.5 Å². The van der Waals surface area contributed by atoms with E-state index in [4.69, 9.17) is 4.74 Å².